The fourth-order valence-corrected chi connectivity index (χ4v) is 2.44. The molecule has 1 N–H and O–H groups in total. The Hall–Kier alpha value is -2.82. The summed E-state index contributed by atoms with van der Waals surface area (Å²) in [5, 5.41) is 2.78. The topological polar surface area (TPSA) is 64.6 Å². The van der Waals surface area contributed by atoms with Gasteiger partial charge in [-0.2, -0.15) is 0 Å². The van der Waals surface area contributed by atoms with Crippen LogP contribution in [0.4, 0.5) is 5.69 Å². The highest BCUT2D eigenvalue weighted by Gasteiger charge is 2.17. The van der Waals surface area contributed by atoms with Gasteiger partial charge in [-0.1, -0.05) is 32.9 Å². The Balaban J connectivity index is 1.94. The van der Waals surface area contributed by atoms with Crippen LogP contribution in [-0.4, -0.2) is 24.6 Å². The second kappa shape index (κ2) is 8.71. The van der Waals surface area contributed by atoms with Crippen molar-refractivity contribution >= 4 is 17.6 Å². The third kappa shape index (κ3) is 5.84. The molecule has 0 saturated carbocycles. The van der Waals surface area contributed by atoms with Gasteiger partial charge in [-0.3, -0.25) is 4.79 Å². The van der Waals surface area contributed by atoms with Crippen molar-refractivity contribution in [1.29, 1.82) is 0 Å². The highest BCUT2D eigenvalue weighted by Crippen LogP contribution is 2.24. The van der Waals surface area contributed by atoms with Crippen LogP contribution >= 0.6 is 0 Å². The summed E-state index contributed by atoms with van der Waals surface area (Å²) in [6, 6.07) is 14.3. The molecule has 0 bridgehead atoms. The lowest BCUT2D eigenvalue weighted by molar-refractivity contribution is -0.122. The maximum Gasteiger partial charge on any atom is 0.338 e. The van der Waals surface area contributed by atoms with Crippen molar-refractivity contribution in [2.24, 2.45) is 0 Å². The predicted molar refractivity (Wildman–Crippen MR) is 106 cm³/mol. The quantitative estimate of drug-likeness (QED) is 0.758. The first-order valence-corrected chi connectivity index (χ1v) is 9.06. The molecular formula is C22H27NO4. The number of carbonyl (C=O) groups is 2. The average molecular weight is 369 g/mol. The molecule has 1 amide bonds. The number of anilines is 1. The van der Waals surface area contributed by atoms with Crippen molar-refractivity contribution in [2.75, 3.05) is 11.9 Å². The van der Waals surface area contributed by atoms with Gasteiger partial charge in [0.05, 0.1) is 12.2 Å². The Bertz CT molecular complexity index is 773. The third-order valence-corrected chi connectivity index (χ3v) is 4.07. The number of ether oxygens (including phenoxy) is 2. The molecule has 0 aliphatic heterocycles. The van der Waals surface area contributed by atoms with Gasteiger partial charge in [0, 0.05) is 5.69 Å². The van der Waals surface area contributed by atoms with Crippen molar-refractivity contribution in [3.63, 3.8) is 0 Å². The first-order chi connectivity index (χ1) is 12.7. The monoisotopic (exact) mass is 369 g/mol. The number of carbonyl (C=O) groups excluding carboxylic acids is 2. The molecule has 0 heterocycles. The van der Waals surface area contributed by atoms with Crippen molar-refractivity contribution in [2.45, 2.75) is 46.1 Å². The van der Waals surface area contributed by atoms with Crippen molar-refractivity contribution in [1.82, 2.24) is 0 Å². The van der Waals surface area contributed by atoms with E-state index in [0.29, 0.717) is 23.6 Å². The zero-order valence-corrected chi connectivity index (χ0v) is 16.5. The molecule has 0 radical (unpaired) electrons. The standard InChI is InChI=1S/C22H27NO4/c1-6-26-21(25)16-7-11-18(12-8-16)23-20(24)15(2)27-19-13-9-17(10-14-19)22(3,4)5/h7-15H,6H2,1-5H3,(H,23,24). The lowest BCUT2D eigenvalue weighted by Crippen LogP contribution is -2.30. The summed E-state index contributed by atoms with van der Waals surface area (Å²) < 4.78 is 10.7. The van der Waals surface area contributed by atoms with E-state index < -0.39 is 6.10 Å². The van der Waals surface area contributed by atoms with Gasteiger partial charge in [0.2, 0.25) is 0 Å². The molecule has 27 heavy (non-hydrogen) atoms. The van der Waals surface area contributed by atoms with Gasteiger partial charge in [-0.05, 0) is 61.2 Å². The molecular weight excluding hydrogens is 342 g/mol. The Morgan fingerprint density at radius 1 is 1.00 bits per heavy atom. The van der Waals surface area contributed by atoms with Gasteiger partial charge in [0.25, 0.3) is 5.91 Å². The summed E-state index contributed by atoms with van der Waals surface area (Å²) in [6.45, 7) is 10.2. The molecule has 0 saturated heterocycles. The minimum absolute atomic E-state index is 0.0667. The zero-order valence-electron chi connectivity index (χ0n) is 16.5. The van der Waals surface area contributed by atoms with Crippen molar-refractivity contribution in [3.8, 4) is 5.75 Å². The Morgan fingerprint density at radius 2 is 1.59 bits per heavy atom. The number of esters is 1. The predicted octanol–water partition coefficient (Wildman–Crippen LogP) is 4.57. The minimum atomic E-state index is -0.657. The second-order valence-corrected chi connectivity index (χ2v) is 7.32. The molecule has 5 heteroatoms. The van der Waals surface area contributed by atoms with E-state index in [4.69, 9.17) is 9.47 Å². The normalized spacial score (nSPS) is 12.2. The highest BCUT2D eigenvalue weighted by atomic mass is 16.5. The van der Waals surface area contributed by atoms with Crippen LogP contribution in [0.25, 0.3) is 0 Å². The number of rotatable bonds is 6. The smallest absolute Gasteiger partial charge is 0.338 e. The van der Waals surface area contributed by atoms with Gasteiger partial charge in [0.15, 0.2) is 6.10 Å². The van der Waals surface area contributed by atoms with E-state index in [2.05, 4.69) is 26.1 Å². The average Bonchev–Trinajstić information content (AvgIpc) is 2.62. The van der Waals surface area contributed by atoms with E-state index in [0.717, 1.165) is 0 Å². The lowest BCUT2D eigenvalue weighted by atomic mass is 9.87. The number of benzene rings is 2. The molecule has 5 nitrogen and oxygen atoms in total. The Labute approximate surface area is 160 Å². The molecule has 0 aromatic heterocycles. The molecule has 0 fully saturated rings. The fraction of sp³-hybridized carbons (Fsp3) is 0.364. The number of amides is 1. The van der Waals surface area contributed by atoms with Gasteiger partial charge >= 0.3 is 5.97 Å². The van der Waals surface area contributed by atoms with Crippen LogP contribution in [0.3, 0.4) is 0 Å². The van der Waals surface area contributed by atoms with E-state index in [1.54, 1.807) is 38.1 Å². The SMILES string of the molecule is CCOC(=O)c1ccc(NC(=O)C(C)Oc2ccc(C(C)(C)C)cc2)cc1. The first kappa shape index (κ1) is 20.5. The van der Waals surface area contributed by atoms with Crippen LogP contribution < -0.4 is 10.1 Å². The zero-order chi connectivity index (χ0) is 20.0. The maximum absolute atomic E-state index is 12.3. The molecule has 2 rings (SSSR count). The van der Waals surface area contributed by atoms with Crippen LogP contribution in [0.2, 0.25) is 0 Å². The summed E-state index contributed by atoms with van der Waals surface area (Å²) in [7, 11) is 0. The Kier molecular flexibility index (Phi) is 6.61. The van der Waals surface area contributed by atoms with E-state index in [1.165, 1.54) is 5.56 Å². The summed E-state index contributed by atoms with van der Waals surface area (Å²) in [4.78, 5) is 24.0. The molecule has 2 aromatic carbocycles. The molecule has 1 atom stereocenters. The van der Waals surface area contributed by atoms with Gasteiger partial charge in [0.1, 0.15) is 5.75 Å². The van der Waals surface area contributed by atoms with Crippen LogP contribution in [0.15, 0.2) is 48.5 Å². The maximum atomic E-state index is 12.3. The molecule has 144 valence electrons. The van der Waals surface area contributed by atoms with Crippen LogP contribution in [0.5, 0.6) is 5.75 Å². The Morgan fingerprint density at radius 3 is 2.11 bits per heavy atom. The molecule has 2 aromatic rings. The first-order valence-electron chi connectivity index (χ1n) is 9.06. The molecule has 1 unspecified atom stereocenters. The summed E-state index contributed by atoms with van der Waals surface area (Å²) in [5.74, 6) is -0.00660. The van der Waals surface area contributed by atoms with Crippen molar-refractivity contribution < 1.29 is 19.1 Å². The summed E-state index contributed by atoms with van der Waals surface area (Å²) in [5.41, 5.74) is 2.30. The number of hydrogen-bond donors (Lipinski definition) is 1. The van der Waals surface area contributed by atoms with Gasteiger partial charge in [-0.15, -0.1) is 0 Å². The van der Waals surface area contributed by atoms with Crippen molar-refractivity contribution in [3.05, 3.63) is 59.7 Å². The van der Waals surface area contributed by atoms with E-state index in [9.17, 15) is 9.59 Å². The van der Waals surface area contributed by atoms with Crippen LogP contribution in [-0.2, 0) is 14.9 Å². The van der Waals surface area contributed by atoms with Crippen LogP contribution in [0.1, 0.15) is 50.5 Å². The summed E-state index contributed by atoms with van der Waals surface area (Å²) >= 11 is 0. The van der Waals surface area contributed by atoms with E-state index >= 15 is 0 Å². The molecule has 0 aliphatic carbocycles. The van der Waals surface area contributed by atoms with Gasteiger partial charge in [-0.25, -0.2) is 4.79 Å². The third-order valence-electron chi connectivity index (χ3n) is 4.07. The summed E-state index contributed by atoms with van der Waals surface area (Å²) in [6.07, 6.45) is -0.657. The van der Waals surface area contributed by atoms with E-state index in [-0.39, 0.29) is 17.3 Å². The minimum Gasteiger partial charge on any atom is -0.481 e. The highest BCUT2D eigenvalue weighted by molar-refractivity contribution is 5.95. The number of hydrogen-bond acceptors (Lipinski definition) is 4. The second-order valence-electron chi connectivity index (χ2n) is 7.32. The fourth-order valence-electron chi connectivity index (χ4n) is 2.44. The number of nitrogens with one attached hydrogen (secondary N) is 1. The molecule has 0 spiro atoms. The van der Waals surface area contributed by atoms with Gasteiger partial charge < -0.3 is 14.8 Å². The largest absolute Gasteiger partial charge is 0.481 e. The lowest BCUT2D eigenvalue weighted by Gasteiger charge is -2.20. The van der Waals surface area contributed by atoms with E-state index in [1.807, 2.05) is 24.3 Å². The van der Waals surface area contributed by atoms with Crippen LogP contribution in [0, 0.1) is 0 Å². The molecule has 0 aliphatic rings.